The minimum absolute atomic E-state index is 0.286. The Bertz CT molecular complexity index is 551. The van der Waals surface area contributed by atoms with E-state index in [-0.39, 0.29) is 5.56 Å². The number of aromatic nitrogens is 1. The fourth-order valence-corrected chi connectivity index (χ4v) is 2.34. The van der Waals surface area contributed by atoms with Gasteiger partial charge in [0.15, 0.2) is 0 Å². The second-order valence-electron chi connectivity index (χ2n) is 3.81. The van der Waals surface area contributed by atoms with Gasteiger partial charge in [-0.25, -0.2) is 9.78 Å². The number of benzene rings is 1. The Morgan fingerprint density at radius 3 is 3.00 bits per heavy atom. The lowest BCUT2D eigenvalue weighted by molar-refractivity contribution is 0.0697. The van der Waals surface area contributed by atoms with Gasteiger partial charge in [0.1, 0.15) is 5.01 Å². The maximum absolute atomic E-state index is 10.8. The Hall–Kier alpha value is -1.88. The first-order chi connectivity index (χ1) is 8.69. The summed E-state index contributed by atoms with van der Waals surface area (Å²) < 4.78 is 0. The number of carboxylic acids is 1. The quantitative estimate of drug-likeness (QED) is 0.869. The van der Waals surface area contributed by atoms with Crippen molar-refractivity contribution in [2.45, 2.75) is 19.9 Å². The average Bonchev–Trinajstić information content (AvgIpc) is 2.84. The summed E-state index contributed by atoms with van der Waals surface area (Å²) in [6.07, 6.45) is 2.88. The van der Waals surface area contributed by atoms with Gasteiger partial charge in [-0.3, -0.25) is 0 Å². The van der Waals surface area contributed by atoms with E-state index in [2.05, 4.69) is 17.2 Å². The minimum atomic E-state index is -0.916. The maximum atomic E-state index is 10.8. The normalized spacial score (nSPS) is 10.3. The van der Waals surface area contributed by atoms with E-state index in [1.807, 2.05) is 12.3 Å². The lowest BCUT2D eigenvalue weighted by atomic mass is 10.2. The van der Waals surface area contributed by atoms with E-state index in [9.17, 15) is 4.79 Å². The van der Waals surface area contributed by atoms with Crippen LogP contribution >= 0.6 is 11.3 Å². The SMILES string of the molecule is CCc1cnc(CNc2cccc(C(=O)O)c2)s1. The molecule has 4 nitrogen and oxygen atoms in total. The van der Waals surface area contributed by atoms with Crippen LogP contribution in [-0.4, -0.2) is 16.1 Å². The summed E-state index contributed by atoms with van der Waals surface area (Å²) >= 11 is 1.67. The molecular weight excluding hydrogens is 248 g/mol. The lowest BCUT2D eigenvalue weighted by Crippen LogP contribution is -2.01. The number of hydrogen-bond acceptors (Lipinski definition) is 4. The van der Waals surface area contributed by atoms with Crippen LogP contribution in [0.5, 0.6) is 0 Å². The minimum Gasteiger partial charge on any atom is -0.478 e. The molecule has 1 heterocycles. The molecule has 0 saturated carbocycles. The van der Waals surface area contributed by atoms with Crippen LogP contribution in [0.4, 0.5) is 5.69 Å². The van der Waals surface area contributed by atoms with Crippen molar-refractivity contribution in [2.24, 2.45) is 0 Å². The molecule has 18 heavy (non-hydrogen) atoms. The van der Waals surface area contributed by atoms with E-state index in [1.165, 1.54) is 4.88 Å². The summed E-state index contributed by atoms with van der Waals surface area (Å²) in [6, 6.07) is 6.77. The summed E-state index contributed by atoms with van der Waals surface area (Å²) in [5, 5.41) is 13.1. The number of aromatic carboxylic acids is 1. The van der Waals surface area contributed by atoms with Crippen LogP contribution in [0.25, 0.3) is 0 Å². The van der Waals surface area contributed by atoms with Crippen LogP contribution in [0.1, 0.15) is 27.2 Å². The van der Waals surface area contributed by atoms with Crippen molar-refractivity contribution >= 4 is 23.0 Å². The Balaban J connectivity index is 2.01. The monoisotopic (exact) mass is 262 g/mol. The molecule has 0 bridgehead atoms. The van der Waals surface area contributed by atoms with E-state index in [4.69, 9.17) is 5.11 Å². The van der Waals surface area contributed by atoms with E-state index in [1.54, 1.807) is 29.5 Å². The zero-order chi connectivity index (χ0) is 13.0. The molecule has 2 rings (SSSR count). The van der Waals surface area contributed by atoms with Gasteiger partial charge < -0.3 is 10.4 Å². The third kappa shape index (κ3) is 3.07. The molecule has 0 unspecified atom stereocenters. The molecule has 0 aliphatic heterocycles. The Morgan fingerprint density at radius 1 is 1.50 bits per heavy atom. The first-order valence-corrected chi connectivity index (χ1v) is 6.51. The summed E-state index contributed by atoms with van der Waals surface area (Å²) in [5.41, 5.74) is 1.08. The van der Waals surface area contributed by atoms with E-state index in [0.717, 1.165) is 17.1 Å². The van der Waals surface area contributed by atoms with Crippen LogP contribution in [0.2, 0.25) is 0 Å². The molecule has 0 atom stereocenters. The number of anilines is 1. The number of carboxylic acid groups (broad SMARTS) is 1. The second kappa shape index (κ2) is 5.64. The van der Waals surface area contributed by atoms with Crippen molar-refractivity contribution in [1.82, 2.24) is 4.98 Å². The summed E-state index contributed by atoms with van der Waals surface area (Å²) in [5.74, 6) is -0.916. The standard InChI is InChI=1S/C13H14N2O2S/c1-2-11-7-15-12(18-11)8-14-10-5-3-4-9(6-10)13(16)17/h3-7,14H,2,8H2,1H3,(H,16,17). The van der Waals surface area contributed by atoms with Crippen molar-refractivity contribution in [3.63, 3.8) is 0 Å². The van der Waals surface area contributed by atoms with Crippen LogP contribution < -0.4 is 5.32 Å². The zero-order valence-electron chi connectivity index (χ0n) is 10.0. The molecule has 0 aliphatic rings. The van der Waals surface area contributed by atoms with Crippen molar-refractivity contribution in [1.29, 1.82) is 0 Å². The molecule has 2 aromatic rings. The molecule has 0 amide bonds. The third-order valence-corrected chi connectivity index (χ3v) is 3.64. The number of aryl methyl sites for hydroxylation is 1. The average molecular weight is 262 g/mol. The topological polar surface area (TPSA) is 62.2 Å². The van der Waals surface area contributed by atoms with Gasteiger partial charge in [-0.05, 0) is 24.6 Å². The summed E-state index contributed by atoms with van der Waals surface area (Å²) in [4.78, 5) is 16.4. The number of carbonyl (C=O) groups is 1. The number of nitrogens with zero attached hydrogens (tertiary/aromatic N) is 1. The molecular formula is C13H14N2O2S. The van der Waals surface area contributed by atoms with Crippen LogP contribution in [0, 0.1) is 0 Å². The zero-order valence-corrected chi connectivity index (χ0v) is 10.8. The Morgan fingerprint density at radius 2 is 2.33 bits per heavy atom. The smallest absolute Gasteiger partial charge is 0.335 e. The predicted molar refractivity (Wildman–Crippen MR) is 72.2 cm³/mol. The van der Waals surface area contributed by atoms with Gasteiger partial charge in [0.25, 0.3) is 0 Å². The van der Waals surface area contributed by atoms with E-state index < -0.39 is 5.97 Å². The molecule has 0 saturated heterocycles. The van der Waals surface area contributed by atoms with Gasteiger partial charge in [-0.1, -0.05) is 13.0 Å². The molecule has 0 fully saturated rings. The van der Waals surface area contributed by atoms with Crippen molar-refractivity contribution in [3.8, 4) is 0 Å². The molecule has 2 N–H and O–H groups in total. The largest absolute Gasteiger partial charge is 0.478 e. The maximum Gasteiger partial charge on any atom is 0.335 e. The number of hydrogen-bond donors (Lipinski definition) is 2. The molecule has 5 heteroatoms. The lowest BCUT2D eigenvalue weighted by Gasteiger charge is -2.04. The number of nitrogens with one attached hydrogen (secondary N) is 1. The molecule has 1 aromatic heterocycles. The van der Waals surface area contributed by atoms with Crippen LogP contribution in [0.3, 0.4) is 0 Å². The Kier molecular flexibility index (Phi) is 3.94. The number of rotatable bonds is 5. The van der Waals surface area contributed by atoms with Crippen molar-refractivity contribution < 1.29 is 9.90 Å². The van der Waals surface area contributed by atoms with Gasteiger partial charge in [0, 0.05) is 16.8 Å². The van der Waals surface area contributed by atoms with E-state index >= 15 is 0 Å². The highest BCUT2D eigenvalue weighted by atomic mass is 32.1. The molecule has 1 aromatic carbocycles. The van der Waals surface area contributed by atoms with Crippen molar-refractivity contribution in [3.05, 3.63) is 45.9 Å². The molecule has 94 valence electrons. The van der Waals surface area contributed by atoms with Gasteiger partial charge in [0.2, 0.25) is 0 Å². The van der Waals surface area contributed by atoms with Crippen LogP contribution in [-0.2, 0) is 13.0 Å². The highest BCUT2D eigenvalue weighted by Gasteiger charge is 2.04. The first-order valence-electron chi connectivity index (χ1n) is 5.70. The highest BCUT2D eigenvalue weighted by Crippen LogP contribution is 2.16. The molecule has 0 spiro atoms. The fourth-order valence-electron chi connectivity index (χ4n) is 1.53. The number of thiazole rings is 1. The highest BCUT2D eigenvalue weighted by molar-refractivity contribution is 7.11. The first kappa shape index (κ1) is 12.6. The van der Waals surface area contributed by atoms with Crippen molar-refractivity contribution in [2.75, 3.05) is 5.32 Å². The van der Waals surface area contributed by atoms with Crippen LogP contribution in [0.15, 0.2) is 30.5 Å². The predicted octanol–water partition coefficient (Wildman–Crippen LogP) is 3.02. The molecule has 0 radical (unpaired) electrons. The summed E-state index contributed by atoms with van der Waals surface area (Å²) in [7, 11) is 0. The second-order valence-corrected chi connectivity index (χ2v) is 5.01. The van der Waals surface area contributed by atoms with Gasteiger partial charge >= 0.3 is 5.97 Å². The third-order valence-electron chi connectivity index (χ3n) is 2.50. The van der Waals surface area contributed by atoms with Gasteiger partial charge in [-0.15, -0.1) is 11.3 Å². The van der Waals surface area contributed by atoms with Gasteiger partial charge in [0.05, 0.1) is 12.1 Å². The van der Waals surface area contributed by atoms with E-state index in [0.29, 0.717) is 6.54 Å². The Labute approximate surface area is 109 Å². The van der Waals surface area contributed by atoms with Gasteiger partial charge in [-0.2, -0.15) is 0 Å². The summed E-state index contributed by atoms with van der Waals surface area (Å²) in [6.45, 7) is 2.72. The molecule has 0 aliphatic carbocycles. The fraction of sp³-hybridized carbons (Fsp3) is 0.231.